The highest BCUT2D eigenvalue weighted by molar-refractivity contribution is 5.87. The van der Waals surface area contributed by atoms with Crippen molar-refractivity contribution < 1.29 is 9.90 Å². The number of H-pyrrole nitrogens is 1. The maximum atomic E-state index is 10.9. The molecule has 0 amide bonds. The van der Waals surface area contributed by atoms with E-state index in [1.807, 2.05) is 32.0 Å². The number of aromatic carboxylic acids is 1. The van der Waals surface area contributed by atoms with Crippen LogP contribution in [-0.2, 0) is 0 Å². The van der Waals surface area contributed by atoms with Gasteiger partial charge in [-0.05, 0) is 38.0 Å². The molecule has 0 saturated heterocycles. The van der Waals surface area contributed by atoms with Crippen molar-refractivity contribution in [3.63, 3.8) is 0 Å². The molecule has 0 radical (unpaired) electrons. The van der Waals surface area contributed by atoms with Crippen LogP contribution in [0.5, 0.6) is 0 Å². The highest BCUT2D eigenvalue weighted by atomic mass is 16.4. The normalized spacial score (nSPS) is 10.5. The molecule has 0 saturated carbocycles. The van der Waals surface area contributed by atoms with E-state index in [9.17, 15) is 4.79 Å². The summed E-state index contributed by atoms with van der Waals surface area (Å²) < 4.78 is 0. The summed E-state index contributed by atoms with van der Waals surface area (Å²) in [4.78, 5) is 18.0. The maximum absolute atomic E-state index is 10.9. The number of nitrogens with one attached hydrogen (secondary N) is 1. The van der Waals surface area contributed by atoms with Crippen LogP contribution in [0.3, 0.4) is 0 Å². The Labute approximate surface area is 99.3 Å². The number of rotatable bonds is 2. The minimum Gasteiger partial charge on any atom is -0.476 e. The highest BCUT2D eigenvalue weighted by Gasteiger charge is 2.14. The average Bonchev–Trinajstić information content (AvgIpc) is 2.64. The third-order valence-corrected chi connectivity index (χ3v) is 2.87. The number of carboxylic acids is 1. The lowest BCUT2D eigenvalue weighted by molar-refractivity contribution is 0.0690. The third kappa shape index (κ3) is 2.06. The van der Waals surface area contributed by atoms with Gasteiger partial charge in [0.2, 0.25) is 0 Å². The van der Waals surface area contributed by atoms with E-state index < -0.39 is 5.97 Å². The fourth-order valence-corrected chi connectivity index (χ4v) is 1.69. The zero-order valence-corrected chi connectivity index (χ0v) is 10.0. The van der Waals surface area contributed by atoms with E-state index in [1.165, 1.54) is 5.56 Å². The fraction of sp³-hybridized carbons (Fsp3) is 0.231. The zero-order valence-electron chi connectivity index (χ0n) is 10.0. The zero-order chi connectivity index (χ0) is 12.6. The molecule has 0 spiro atoms. The Morgan fingerprint density at radius 3 is 2.47 bits per heavy atom. The second-order valence-electron chi connectivity index (χ2n) is 4.16. The summed E-state index contributed by atoms with van der Waals surface area (Å²) in [6, 6.07) is 5.94. The summed E-state index contributed by atoms with van der Waals surface area (Å²) in [5, 5.41) is 8.94. The summed E-state index contributed by atoms with van der Waals surface area (Å²) >= 11 is 0. The van der Waals surface area contributed by atoms with Crippen molar-refractivity contribution in [3.05, 3.63) is 40.7 Å². The number of imidazole rings is 1. The molecular formula is C13H14N2O2. The minimum absolute atomic E-state index is 0.0817. The van der Waals surface area contributed by atoms with E-state index in [0.29, 0.717) is 11.5 Å². The Morgan fingerprint density at radius 1 is 1.24 bits per heavy atom. The summed E-state index contributed by atoms with van der Waals surface area (Å²) in [6.45, 7) is 5.77. The van der Waals surface area contributed by atoms with E-state index >= 15 is 0 Å². The number of benzene rings is 1. The van der Waals surface area contributed by atoms with Gasteiger partial charge in [-0.25, -0.2) is 9.78 Å². The van der Waals surface area contributed by atoms with Crippen LogP contribution in [0.1, 0.15) is 27.3 Å². The topological polar surface area (TPSA) is 66.0 Å². The summed E-state index contributed by atoms with van der Waals surface area (Å²) in [7, 11) is 0. The number of aromatic nitrogens is 2. The average molecular weight is 230 g/mol. The first kappa shape index (κ1) is 11.4. The predicted molar refractivity (Wildman–Crippen MR) is 65.2 cm³/mol. The number of aromatic amines is 1. The number of carboxylic acid groups (broad SMARTS) is 1. The van der Waals surface area contributed by atoms with Crippen LogP contribution in [0.2, 0.25) is 0 Å². The van der Waals surface area contributed by atoms with Gasteiger partial charge >= 0.3 is 5.97 Å². The van der Waals surface area contributed by atoms with E-state index in [-0.39, 0.29) is 5.69 Å². The van der Waals surface area contributed by atoms with Crippen molar-refractivity contribution in [1.82, 2.24) is 9.97 Å². The molecule has 0 atom stereocenters. The molecular weight excluding hydrogens is 216 g/mol. The van der Waals surface area contributed by atoms with E-state index in [1.54, 1.807) is 6.92 Å². The lowest BCUT2D eigenvalue weighted by Crippen LogP contribution is -1.98. The van der Waals surface area contributed by atoms with Gasteiger partial charge in [0, 0.05) is 11.3 Å². The van der Waals surface area contributed by atoms with E-state index in [0.717, 1.165) is 11.1 Å². The summed E-state index contributed by atoms with van der Waals surface area (Å²) in [5.74, 6) is -0.406. The summed E-state index contributed by atoms with van der Waals surface area (Å²) in [6.07, 6.45) is 0. The molecule has 17 heavy (non-hydrogen) atoms. The predicted octanol–water partition coefficient (Wildman–Crippen LogP) is 2.70. The smallest absolute Gasteiger partial charge is 0.356 e. The van der Waals surface area contributed by atoms with Gasteiger partial charge in [0.05, 0.1) is 0 Å². The first-order valence-electron chi connectivity index (χ1n) is 5.36. The Kier molecular flexibility index (Phi) is 2.71. The van der Waals surface area contributed by atoms with Gasteiger partial charge in [-0.15, -0.1) is 0 Å². The maximum Gasteiger partial charge on any atom is 0.356 e. The SMILES string of the molecule is Cc1ccc(-c2nc(C(=O)O)c(C)[nH]2)cc1C. The molecule has 0 aliphatic heterocycles. The molecule has 2 N–H and O–H groups in total. The van der Waals surface area contributed by atoms with Crippen molar-refractivity contribution in [2.45, 2.75) is 20.8 Å². The molecule has 0 aliphatic carbocycles. The molecule has 1 heterocycles. The van der Waals surface area contributed by atoms with Crippen molar-refractivity contribution in [1.29, 1.82) is 0 Å². The first-order chi connectivity index (χ1) is 7.99. The lowest BCUT2D eigenvalue weighted by Gasteiger charge is -2.02. The van der Waals surface area contributed by atoms with Gasteiger partial charge in [0.15, 0.2) is 5.69 Å². The lowest BCUT2D eigenvalue weighted by atomic mass is 10.1. The first-order valence-corrected chi connectivity index (χ1v) is 5.36. The number of nitrogens with zero attached hydrogens (tertiary/aromatic N) is 1. The van der Waals surface area contributed by atoms with Gasteiger partial charge in [-0.2, -0.15) is 0 Å². The Bertz CT molecular complexity index is 585. The number of hydrogen-bond acceptors (Lipinski definition) is 2. The molecule has 0 aliphatic rings. The Morgan fingerprint density at radius 2 is 1.94 bits per heavy atom. The van der Waals surface area contributed by atoms with Gasteiger partial charge in [-0.1, -0.05) is 12.1 Å². The van der Waals surface area contributed by atoms with Crippen LogP contribution < -0.4 is 0 Å². The van der Waals surface area contributed by atoms with Gasteiger partial charge < -0.3 is 10.1 Å². The van der Waals surface area contributed by atoms with Crippen LogP contribution in [0.4, 0.5) is 0 Å². The third-order valence-electron chi connectivity index (χ3n) is 2.87. The molecule has 1 aromatic carbocycles. The van der Waals surface area contributed by atoms with Crippen LogP contribution in [0, 0.1) is 20.8 Å². The van der Waals surface area contributed by atoms with Gasteiger partial charge in [-0.3, -0.25) is 0 Å². The second kappa shape index (κ2) is 4.05. The van der Waals surface area contributed by atoms with Crippen molar-refractivity contribution in [2.24, 2.45) is 0 Å². The Balaban J connectivity index is 2.50. The van der Waals surface area contributed by atoms with Crippen LogP contribution >= 0.6 is 0 Å². The molecule has 2 rings (SSSR count). The fourth-order valence-electron chi connectivity index (χ4n) is 1.69. The summed E-state index contributed by atoms with van der Waals surface area (Å²) in [5.41, 5.74) is 3.93. The van der Waals surface area contributed by atoms with Crippen molar-refractivity contribution in [3.8, 4) is 11.4 Å². The van der Waals surface area contributed by atoms with Gasteiger partial charge in [0.1, 0.15) is 5.82 Å². The molecule has 4 nitrogen and oxygen atoms in total. The molecule has 0 bridgehead atoms. The molecule has 0 unspecified atom stereocenters. The van der Waals surface area contributed by atoms with Crippen LogP contribution in [0.25, 0.3) is 11.4 Å². The highest BCUT2D eigenvalue weighted by Crippen LogP contribution is 2.20. The van der Waals surface area contributed by atoms with Gasteiger partial charge in [0.25, 0.3) is 0 Å². The van der Waals surface area contributed by atoms with Crippen LogP contribution in [-0.4, -0.2) is 21.0 Å². The minimum atomic E-state index is -1.01. The van der Waals surface area contributed by atoms with Crippen molar-refractivity contribution in [2.75, 3.05) is 0 Å². The molecule has 88 valence electrons. The molecule has 2 aromatic rings. The van der Waals surface area contributed by atoms with Crippen LogP contribution in [0.15, 0.2) is 18.2 Å². The van der Waals surface area contributed by atoms with E-state index in [4.69, 9.17) is 5.11 Å². The standard InChI is InChI=1S/C13H14N2O2/c1-7-4-5-10(6-8(7)2)12-14-9(3)11(15-12)13(16)17/h4-6H,1-3H3,(H,14,15)(H,16,17). The number of carbonyl (C=O) groups is 1. The monoisotopic (exact) mass is 230 g/mol. The second-order valence-corrected chi connectivity index (χ2v) is 4.16. The molecule has 1 aromatic heterocycles. The quantitative estimate of drug-likeness (QED) is 0.833. The van der Waals surface area contributed by atoms with Crippen molar-refractivity contribution >= 4 is 5.97 Å². The largest absolute Gasteiger partial charge is 0.476 e. The number of hydrogen-bond donors (Lipinski definition) is 2. The number of aryl methyl sites for hydroxylation is 3. The van der Waals surface area contributed by atoms with E-state index in [2.05, 4.69) is 9.97 Å². The molecule has 0 fully saturated rings. The molecule has 4 heteroatoms. The Hall–Kier alpha value is -2.10.